The van der Waals surface area contributed by atoms with Crippen LogP contribution in [-0.2, 0) is 24.0 Å². The molecule has 270 valence electrons. The summed E-state index contributed by atoms with van der Waals surface area (Å²) in [5.41, 5.74) is -0.647. The summed E-state index contributed by atoms with van der Waals surface area (Å²) in [5.74, 6) is -3.33. The van der Waals surface area contributed by atoms with E-state index in [2.05, 4.69) is 31.2 Å². The zero-order valence-corrected chi connectivity index (χ0v) is 29.9. The normalized spacial score (nSPS) is 23.1. The second-order valence-corrected chi connectivity index (χ2v) is 15.2. The highest BCUT2D eigenvalue weighted by atomic mass is 16.2. The topological polar surface area (TPSA) is 180 Å². The molecule has 49 heavy (non-hydrogen) atoms. The van der Waals surface area contributed by atoms with Crippen LogP contribution < -0.4 is 21.3 Å². The molecule has 0 aromatic carbocycles. The van der Waals surface area contributed by atoms with E-state index in [-0.39, 0.29) is 41.8 Å². The van der Waals surface area contributed by atoms with E-state index in [0.717, 1.165) is 44.9 Å². The highest BCUT2D eigenvalue weighted by Gasteiger charge is 2.52. The van der Waals surface area contributed by atoms with E-state index in [1.54, 1.807) is 4.90 Å². The second kappa shape index (κ2) is 16.7. The van der Waals surface area contributed by atoms with Crippen LogP contribution >= 0.6 is 0 Å². The van der Waals surface area contributed by atoms with Crippen molar-refractivity contribution in [3.05, 3.63) is 24.3 Å². The minimum atomic E-state index is -1.01. The molecule has 1 aromatic rings. The summed E-state index contributed by atoms with van der Waals surface area (Å²) >= 11 is 0. The number of hydrogen-bond donors (Lipinski definition) is 4. The lowest BCUT2D eigenvalue weighted by molar-refractivity contribution is -0.146. The lowest BCUT2D eigenvalue weighted by Crippen LogP contribution is -2.62. The summed E-state index contributed by atoms with van der Waals surface area (Å²) in [6.45, 7) is 11.5. The third kappa shape index (κ3) is 9.21. The van der Waals surface area contributed by atoms with Gasteiger partial charge in [0.25, 0.3) is 11.8 Å². The molecule has 7 atom stereocenters. The number of rotatable bonds is 14. The minimum absolute atomic E-state index is 0.0934. The van der Waals surface area contributed by atoms with Gasteiger partial charge in [-0.1, -0.05) is 60.3 Å². The van der Waals surface area contributed by atoms with E-state index in [9.17, 15) is 28.8 Å². The van der Waals surface area contributed by atoms with Crippen LogP contribution in [0.4, 0.5) is 0 Å². The first-order valence-corrected chi connectivity index (χ1v) is 18.1. The van der Waals surface area contributed by atoms with Crippen molar-refractivity contribution < 1.29 is 28.8 Å². The summed E-state index contributed by atoms with van der Waals surface area (Å²) in [4.78, 5) is 91.3. The van der Waals surface area contributed by atoms with Crippen molar-refractivity contribution in [2.45, 2.75) is 136 Å². The Morgan fingerprint density at radius 2 is 1.63 bits per heavy atom. The number of carbonyl (C=O) groups is 6. The smallest absolute Gasteiger partial charge is 0.289 e. The van der Waals surface area contributed by atoms with Crippen LogP contribution in [0, 0.1) is 23.2 Å². The molecule has 3 fully saturated rings. The summed E-state index contributed by atoms with van der Waals surface area (Å²) < 4.78 is 0. The van der Waals surface area contributed by atoms with Crippen molar-refractivity contribution in [2.24, 2.45) is 23.2 Å². The van der Waals surface area contributed by atoms with Crippen molar-refractivity contribution in [2.75, 3.05) is 6.54 Å². The summed E-state index contributed by atoms with van der Waals surface area (Å²) in [7, 11) is 0. The number of carbonyl (C=O) groups excluding carboxylic acids is 6. The average molecular weight is 682 g/mol. The van der Waals surface area contributed by atoms with Gasteiger partial charge in [0.15, 0.2) is 0 Å². The van der Waals surface area contributed by atoms with Gasteiger partial charge in [-0.2, -0.15) is 0 Å². The number of ketones is 1. The van der Waals surface area contributed by atoms with Gasteiger partial charge in [0, 0.05) is 25.0 Å². The molecule has 1 aliphatic heterocycles. The fourth-order valence-electron chi connectivity index (χ4n) is 7.60. The lowest BCUT2D eigenvalue weighted by Gasteiger charge is -2.37. The zero-order valence-electron chi connectivity index (χ0n) is 29.9. The quantitative estimate of drug-likeness (QED) is 0.217. The number of hydrogen-bond acceptors (Lipinski definition) is 8. The molecule has 13 nitrogen and oxygen atoms in total. The molecular weight excluding hydrogens is 626 g/mol. The third-order valence-corrected chi connectivity index (χ3v) is 10.5. The summed E-state index contributed by atoms with van der Waals surface area (Å²) in [6, 6.07) is -3.92. The molecule has 1 aromatic heterocycles. The molecule has 1 saturated heterocycles. The van der Waals surface area contributed by atoms with Crippen LogP contribution in [0.15, 0.2) is 18.6 Å². The van der Waals surface area contributed by atoms with E-state index in [4.69, 9.17) is 0 Å². The zero-order chi connectivity index (χ0) is 35.9. The van der Waals surface area contributed by atoms with Crippen molar-refractivity contribution in [3.8, 4) is 0 Å². The van der Waals surface area contributed by atoms with Gasteiger partial charge in [-0.3, -0.25) is 33.8 Å². The Morgan fingerprint density at radius 1 is 0.918 bits per heavy atom. The Balaban J connectivity index is 1.56. The predicted molar refractivity (Wildman–Crippen MR) is 183 cm³/mol. The first-order valence-electron chi connectivity index (χ1n) is 18.1. The molecule has 0 bridgehead atoms. The largest absolute Gasteiger partial charge is 0.347 e. The highest BCUT2D eigenvalue weighted by Crippen LogP contribution is 2.43. The van der Waals surface area contributed by atoms with Gasteiger partial charge in [-0.05, 0) is 68.6 Å². The van der Waals surface area contributed by atoms with Gasteiger partial charge in [0.05, 0.1) is 12.2 Å². The van der Waals surface area contributed by atoms with E-state index in [0.29, 0.717) is 19.4 Å². The van der Waals surface area contributed by atoms with Crippen LogP contribution in [0.5, 0.6) is 0 Å². The predicted octanol–water partition coefficient (Wildman–Crippen LogP) is 2.69. The van der Waals surface area contributed by atoms with Gasteiger partial charge >= 0.3 is 0 Å². The maximum atomic E-state index is 14.6. The lowest BCUT2D eigenvalue weighted by atomic mass is 9.84. The fraction of sp³-hybridized carbons (Fsp3) is 0.722. The second-order valence-electron chi connectivity index (χ2n) is 15.2. The molecule has 2 heterocycles. The van der Waals surface area contributed by atoms with Crippen molar-refractivity contribution in [3.63, 3.8) is 0 Å². The van der Waals surface area contributed by atoms with Crippen LogP contribution in [0.2, 0.25) is 0 Å². The number of fused-ring (bicyclic) bond motifs is 1. The number of nitrogens with zero attached hydrogens (tertiary/aromatic N) is 3. The Kier molecular flexibility index (Phi) is 12.9. The molecule has 1 unspecified atom stereocenters. The maximum absolute atomic E-state index is 14.6. The number of amides is 5. The summed E-state index contributed by atoms with van der Waals surface area (Å²) in [6.07, 6.45) is 11.7. The molecule has 4 N–H and O–H groups in total. The number of nitrogens with one attached hydrogen (secondary N) is 4. The first-order chi connectivity index (χ1) is 23.3. The van der Waals surface area contributed by atoms with Gasteiger partial charge in [-0.25, -0.2) is 4.98 Å². The molecule has 2 saturated carbocycles. The fourth-order valence-corrected chi connectivity index (χ4v) is 7.60. The SMILES string of the molecule is CCC[C@H](NC(=O)C1[C@H]2CCC[C@H]2CN1C(=O)[C@@H](NC(=O)[C@@H](NC(=O)c1cnccn1)C1CCCC1)C(C)(C)C)C(=O)C(=O)N[C@@H](C)CC. The number of aromatic nitrogens is 2. The van der Waals surface area contributed by atoms with Gasteiger partial charge in [-0.15, -0.1) is 0 Å². The van der Waals surface area contributed by atoms with Crippen LogP contribution in [0.3, 0.4) is 0 Å². The van der Waals surface area contributed by atoms with Crippen molar-refractivity contribution in [1.29, 1.82) is 0 Å². The highest BCUT2D eigenvalue weighted by molar-refractivity contribution is 6.38. The Morgan fingerprint density at radius 3 is 2.24 bits per heavy atom. The number of Topliss-reactive ketones (excluding diaryl/α,β-unsaturated/α-hetero) is 1. The molecular formula is C36H55N7O6. The first kappa shape index (κ1) is 37.9. The standard InChI is InChI=1S/C36H55N7O6/c1-7-12-25(29(44)34(48)39-21(3)8-2)40-33(47)28-24-16-11-15-23(24)20-43(28)35(49)30(36(4,5)6)42-32(46)27(22-13-9-10-14-22)41-31(45)26-19-37-17-18-38-26/h17-19,21-25,27-28,30H,7-16,20H2,1-6H3,(H,39,48)(H,40,47)(H,41,45)(H,42,46)/t21-,23-,24-,25-,27-,28?,30+/m0/s1. The monoisotopic (exact) mass is 681 g/mol. The van der Waals surface area contributed by atoms with E-state index >= 15 is 0 Å². The molecule has 5 amide bonds. The molecule has 0 radical (unpaired) electrons. The van der Waals surface area contributed by atoms with E-state index < -0.39 is 59.0 Å². The molecule has 2 aliphatic carbocycles. The molecule has 3 aliphatic rings. The Hall–Kier alpha value is -3.90. The van der Waals surface area contributed by atoms with Crippen LogP contribution in [-0.4, -0.2) is 86.9 Å². The van der Waals surface area contributed by atoms with Crippen LogP contribution in [0.25, 0.3) is 0 Å². The van der Waals surface area contributed by atoms with Crippen LogP contribution in [0.1, 0.15) is 116 Å². The van der Waals surface area contributed by atoms with Crippen molar-refractivity contribution in [1.82, 2.24) is 36.1 Å². The third-order valence-electron chi connectivity index (χ3n) is 10.5. The minimum Gasteiger partial charge on any atom is -0.347 e. The average Bonchev–Trinajstić information content (AvgIpc) is 3.83. The van der Waals surface area contributed by atoms with E-state index in [1.165, 1.54) is 18.6 Å². The summed E-state index contributed by atoms with van der Waals surface area (Å²) in [5, 5.41) is 11.4. The molecule has 13 heteroatoms. The van der Waals surface area contributed by atoms with E-state index in [1.807, 2.05) is 41.5 Å². The number of likely N-dealkylation sites (tertiary alicyclic amines) is 1. The Labute approximate surface area is 289 Å². The van der Waals surface area contributed by atoms with Gasteiger partial charge in [0.2, 0.25) is 23.5 Å². The van der Waals surface area contributed by atoms with Gasteiger partial charge < -0.3 is 26.2 Å². The molecule has 4 rings (SSSR count). The molecule has 0 spiro atoms. The maximum Gasteiger partial charge on any atom is 0.289 e. The van der Waals surface area contributed by atoms with Gasteiger partial charge in [0.1, 0.15) is 23.8 Å². The van der Waals surface area contributed by atoms with Crippen molar-refractivity contribution >= 4 is 35.3 Å². The Bertz CT molecular complexity index is 1360.